The molecule has 0 aliphatic carbocycles. The van der Waals surface area contributed by atoms with Gasteiger partial charge in [0.2, 0.25) is 0 Å². The minimum Gasteiger partial charge on any atom is -0.497 e. The normalized spacial score (nSPS) is 12.2. The van der Waals surface area contributed by atoms with Crippen molar-refractivity contribution < 1.29 is 9.13 Å². The fourth-order valence-electron chi connectivity index (χ4n) is 2.53. The molecule has 0 saturated carbocycles. The van der Waals surface area contributed by atoms with Crippen LogP contribution in [0, 0.1) is 5.82 Å². The van der Waals surface area contributed by atoms with Crippen molar-refractivity contribution >= 4 is 11.8 Å². The molecule has 1 aromatic rings. The van der Waals surface area contributed by atoms with Crippen LogP contribution in [-0.2, 0) is 4.74 Å². The van der Waals surface area contributed by atoms with Crippen LogP contribution in [0.2, 0.25) is 0 Å². The van der Waals surface area contributed by atoms with Gasteiger partial charge < -0.3 is 10.5 Å². The van der Waals surface area contributed by atoms with Crippen molar-refractivity contribution in [1.82, 2.24) is 0 Å². The Morgan fingerprint density at radius 2 is 2.00 bits per heavy atom. The third kappa shape index (κ3) is 7.88. The molecule has 0 heterocycles. The van der Waals surface area contributed by atoms with Crippen molar-refractivity contribution in [2.24, 2.45) is 5.73 Å². The average Bonchev–Trinajstić information content (AvgIpc) is 2.61. The minimum absolute atomic E-state index is 0.325. The number of hydrogen-bond acceptors (Lipinski definition) is 2. The number of unbranched alkanes of at least 4 members (excludes halogenated alkanes) is 4. The molecular formula is C22H30FNO. The fourth-order valence-corrected chi connectivity index (χ4v) is 2.53. The summed E-state index contributed by atoms with van der Waals surface area (Å²) in [5, 5.41) is 0. The van der Waals surface area contributed by atoms with Crippen LogP contribution in [-0.4, -0.2) is 7.11 Å². The fraction of sp³-hybridized carbons (Fsp3) is 0.364. The summed E-state index contributed by atoms with van der Waals surface area (Å²) in [6.45, 7) is 5.89. The maximum absolute atomic E-state index is 14.0. The SMILES string of the molecule is C=C(OC)c1ccc(/C=C/C=C(\C=C/N)CCCCCCC)cc1F. The highest BCUT2D eigenvalue weighted by Crippen LogP contribution is 2.19. The topological polar surface area (TPSA) is 35.2 Å². The van der Waals surface area contributed by atoms with Crippen molar-refractivity contribution in [1.29, 1.82) is 0 Å². The first kappa shape index (κ1) is 20.8. The van der Waals surface area contributed by atoms with Crippen molar-refractivity contribution in [2.75, 3.05) is 7.11 Å². The zero-order chi connectivity index (χ0) is 18.5. The highest BCUT2D eigenvalue weighted by molar-refractivity contribution is 5.61. The van der Waals surface area contributed by atoms with Crippen molar-refractivity contribution in [3.63, 3.8) is 0 Å². The Balaban J connectivity index is 2.68. The molecule has 1 rings (SSSR count). The van der Waals surface area contributed by atoms with E-state index < -0.39 is 0 Å². The molecule has 0 bridgehead atoms. The van der Waals surface area contributed by atoms with E-state index in [1.807, 2.05) is 30.4 Å². The molecule has 25 heavy (non-hydrogen) atoms. The molecule has 0 aliphatic heterocycles. The predicted octanol–water partition coefficient (Wildman–Crippen LogP) is 6.22. The van der Waals surface area contributed by atoms with Gasteiger partial charge >= 0.3 is 0 Å². The number of rotatable bonds is 11. The van der Waals surface area contributed by atoms with Gasteiger partial charge in [-0.25, -0.2) is 4.39 Å². The van der Waals surface area contributed by atoms with Gasteiger partial charge in [0.05, 0.1) is 12.7 Å². The summed E-state index contributed by atoms with van der Waals surface area (Å²) >= 11 is 0. The molecule has 2 nitrogen and oxygen atoms in total. The molecule has 0 unspecified atom stereocenters. The molecule has 0 aromatic heterocycles. The molecule has 1 aromatic carbocycles. The standard InChI is InChI=1S/C22H30FNO/c1-4-5-6-7-8-10-19(15-16-24)11-9-12-20-13-14-21(18(2)25-3)22(23)17-20/h9,11-17H,2,4-8,10,24H2,1,3H3/b12-9+,16-15-,19-11-. The number of methoxy groups -OCH3 is 1. The Kier molecular flexibility index (Phi) is 10.1. The number of benzene rings is 1. The lowest BCUT2D eigenvalue weighted by Gasteiger charge is -2.06. The van der Waals surface area contributed by atoms with Crippen LogP contribution in [0.4, 0.5) is 4.39 Å². The number of nitrogens with two attached hydrogens (primary N) is 1. The average molecular weight is 343 g/mol. The summed E-state index contributed by atoms with van der Waals surface area (Å²) in [6, 6.07) is 5.00. The molecule has 0 fully saturated rings. The summed E-state index contributed by atoms with van der Waals surface area (Å²) in [4.78, 5) is 0. The Bertz CT molecular complexity index is 629. The molecular weight excluding hydrogens is 313 g/mol. The zero-order valence-electron chi connectivity index (χ0n) is 15.4. The first-order valence-electron chi connectivity index (χ1n) is 8.90. The molecule has 0 atom stereocenters. The molecule has 0 spiro atoms. The quantitative estimate of drug-likeness (QED) is 0.294. The van der Waals surface area contributed by atoms with Crippen LogP contribution < -0.4 is 5.73 Å². The van der Waals surface area contributed by atoms with Crippen molar-refractivity contribution in [2.45, 2.75) is 45.4 Å². The van der Waals surface area contributed by atoms with Gasteiger partial charge in [-0.2, -0.15) is 0 Å². The number of allylic oxidation sites excluding steroid dienone is 4. The lowest BCUT2D eigenvalue weighted by molar-refractivity contribution is 0.368. The maximum atomic E-state index is 14.0. The van der Waals surface area contributed by atoms with E-state index in [4.69, 9.17) is 10.5 Å². The van der Waals surface area contributed by atoms with E-state index in [-0.39, 0.29) is 5.82 Å². The summed E-state index contributed by atoms with van der Waals surface area (Å²) in [5.41, 5.74) is 7.88. The van der Waals surface area contributed by atoms with Gasteiger partial charge in [0.1, 0.15) is 11.6 Å². The first-order valence-corrected chi connectivity index (χ1v) is 8.90. The second-order valence-electron chi connectivity index (χ2n) is 5.99. The maximum Gasteiger partial charge on any atom is 0.134 e. The minimum atomic E-state index is -0.337. The van der Waals surface area contributed by atoms with Gasteiger partial charge in [-0.05, 0) is 48.4 Å². The van der Waals surface area contributed by atoms with Crippen LogP contribution in [0.5, 0.6) is 0 Å². The second-order valence-corrected chi connectivity index (χ2v) is 5.99. The van der Waals surface area contributed by atoms with Crippen LogP contribution >= 0.6 is 0 Å². The van der Waals surface area contributed by atoms with Gasteiger partial charge in [0, 0.05) is 0 Å². The van der Waals surface area contributed by atoms with E-state index in [2.05, 4.69) is 13.5 Å². The van der Waals surface area contributed by atoms with Gasteiger partial charge in [-0.1, -0.05) is 63.5 Å². The molecule has 0 aliphatic rings. The molecule has 2 N–H and O–H groups in total. The molecule has 136 valence electrons. The third-order valence-corrected chi connectivity index (χ3v) is 4.02. The highest BCUT2D eigenvalue weighted by Gasteiger charge is 2.06. The largest absolute Gasteiger partial charge is 0.497 e. The van der Waals surface area contributed by atoms with Gasteiger partial charge in [0.15, 0.2) is 0 Å². The second kappa shape index (κ2) is 12.1. The summed E-state index contributed by atoms with van der Waals surface area (Å²) < 4.78 is 19.0. The summed E-state index contributed by atoms with van der Waals surface area (Å²) in [6.07, 6.45) is 16.6. The molecule has 0 saturated heterocycles. The first-order chi connectivity index (χ1) is 12.1. The van der Waals surface area contributed by atoms with E-state index in [9.17, 15) is 4.39 Å². The van der Waals surface area contributed by atoms with E-state index >= 15 is 0 Å². The number of halogens is 1. The lowest BCUT2D eigenvalue weighted by atomic mass is 10.0. The van der Waals surface area contributed by atoms with Crippen molar-refractivity contribution in [3.05, 3.63) is 71.7 Å². The van der Waals surface area contributed by atoms with Crippen LogP contribution in [0.3, 0.4) is 0 Å². The Hall–Kier alpha value is -2.29. The van der Waals surface area contributed by atoms with Crippen LogP contribution in [0.15, 0.2) is 54.8 Å². The van der Waals surface area contributed by atoms with Crippen molar-refractivity contribution in [3.8, 4) is 0 Å². The zero-order valence-corrected chi connectivity index (χ0v) is 15.4. The van der Waals surface area contributed by atoms with Crippen LogP contribution in [0.1, 0.15) is 56.6 Å². The molecule has 0 amide bonds. The lowest BCUT2D eigenvalue weighted by Crippen LogP contribution is -1.91. The van der Waals surface area contributed by atoms with Gasteiger partial charge in [-0.3, -0.25) is 0 Å². The smallest absolute Gasteiger partial charge is 0.134 e. The summed E-state index contributed by atoms with van der Waals surface area (Å²) in [7, 11) is 1.48. The van der Waals surface area contributed by atoms with Crippen LogP contribution in [0.25, 0.3) is 11.8 Å². The van der Waals surface area contributed by atoms with E-state index in [1.54, 1.807) is 12.3 Å². The Morgan fingerprint density at radius 1 is 1.24 bits per heavy atom. The van der Waals surface area contributed by atoms with Gasteiger partial charge in [-0.15, -0.1) is 0 Å². The molecule has 3 heteroatoms. The molecule has 0 radical (unpaired) electrons. The summed E-state index contributed by atoms with van der Waals surface area (Å²) in [5.74, 6) is -0.0117. The Morgan fingerprint density at radius 3 is 2.64 bits per heavy atom. The van der Waals surface area contributed by atoms with E-state index in [0.29, 0.717) is 11.3 Å². The monoisotopic (exact) mass is 343 g/mol. The van der Waals surface area contributed by atoms with E-state index in [1.165, 1.54) is 44.4 Å². The number of hydrogen-bond donors (Lipinski definition) is 1. The van der Waals surface area contributed by atoms with E-state index in [0.717, 1.165) is 18.4 Å². The van der Waals surface area contributed by atoms with Gasteiger partial charge in [0.25, 0.3) is 0 Å². The highest BCUT2D eigenvalue weighted by atomic mass is 19.1. The Labute approximate surface area is 151 Å². The predicted molar refractivity (Wildman–Crippen MR) is 106 cm³/mol. The third-order valence-electron chi connectivity index (χ3n) is 4.02. The number of ether oxygens (including phenoxy) is 1.